The minimum Gasteiger partial charge on any atom is -0.378 e. The summed E-state index contributed by atoms with van der Waals surface area (Å²) in [6.45, 7) is 21.8. The normalized spacial score (nSPS) is 17.3. The van der Waals surface area contributed by atoms with E-state index in [1.54, 1.807) is 0 Å². The van der Waals surface area contributed by atoms with Crippen molar-refractivity contribution in [3.8, 4) is 33.5 Å². The third-order valence-corrected chi connectivity index (χ3v) is 16.0. The number of ether oxygens (including phenoxy) is 5. The average molecular weight is 1010 g/mol. The number of hydrogen-bond acceptors (Lipinski definition) is 15. The Hall–Kier alpha value is -6.60. The molecule has 16 nitrogen and oxygen atoms in total. The molecule has 0 aliphatic carbocycles. The quantitative estimate of drug-likeness (QED) is 0.0808. The molecule has 0 bridgehead atoms. The Labute approximate surface area is 435 Å². The van der Waals surface area contributed by atoms with Gasteiger partial charge in [0.1, 0.15) is 35.7 Å². The van der Waals surface area contributed by atoms with Gasteiger partial charge in [0, 0.05) is 114 Å². The van der Waals surface area contributed by atoms with Crippen molar-refractivity contribution in [3.05, 3.63) is 126 Å². The van der Waals surface area contributed by atoms with E-state index in [9.17, 15) is 0 Å². The summed E-state index contributed by atoms with van der Waals surface area (Å²) in [6.07, 6.45) is 7.58. The van der Waals surface area contributed by atoms with Crippen LogP contribution in [0.1, 0.15) is 16.7 Å². The number of anilines is 4. The van der Waals surface area contributed by atoms with Crippen LogP contribution < -0.4 is 19.6 Å². The molecule has 74 heavy (non-hydrogen) atoms. The highest BCUT2D eigenvalue weighted by Gasteiger charge is 2.23. The molecule has 5 aromatic heterocycles. The van der Waals surface area contributed by atoms with Crippen molar-refractivity contribution in [2.45, 2.75) is 39.0 Å². The highest BCUT2D eigenvalue weighted by atomic mass is 28.3. The van der Waals surface area contributed by atoms with Crippen LogP contribution in [0.4, 0.5) is 23.3 Å². The first-order valence-electron chi connectivity index (χ1n) is 26.2. The minimum atomic E-state index is -1.17. The highest BCUT2D eigenvalue weighted by molar-refractivity contribution is 6.76. The Morgan fingerprint density at radius 1 is 0.486 bits per heavy atom. The van der Waals surface area contributed by atoms with Crippen molar-refractivity contribution < 1.29 is 23.7 Å². The highest BCUT2D eigenvalue weighted by Crippen LogP contribution is 2.35. The Morgan fingerprint density at radius 3 is 1.43 bits per heavy atom. The third kappa shape index (κ3) is 11.7. The van der Waals surface area contributed by atoms with Gasteiger partial charge in [0.05, 0.1) is 70.6 Å². The fourth-order valence-electron chi connectivity index (χ4n) is 10.00. The molecule has 0 radical (unpaired) electrons. The van der Waals surface area contributed by atoms with Gasteiger partial charge in [-0.1, -0.05) is 37.8 Å². The molecule has 17 heteroatoms. The van der Waals surface area contributed by atoms with Gasteiger partial charge in [0.15, 0.2) is 0 Å². The summed E-state index contributed by atoms with van der Waals surface area (Å²) in [6, 6.07) is 31.4. The van der Waals surface area contributed by atoms with Crippen molar-refractivity contribution in [2.24, 2.45) is 4.99 Å². The van der Waals surface area contributed by atoms with Gasteiger partial charge in [-0.05, 0) is 101 Å². The molecule has 0 N–H and O–H groups in total. The molecule has 4 saturated heterocycles. The summed E-state index contributed by atoms with van der Waals surface area (Å²) in [7, 11) is -1.17. The summed E-state index contributed by atoms with van der Waals surface area (Å²) in [4.78, 5) is 32.6. The first kappa shape index (κ1) is 49.6. The van der Waals surface area contributed by atoms with Gasteiger partial charge >= 0.3 is 0 Å². The number of aromatic nitrogens is 6. The van der Waals surface area contributed by atoms with Gasteiger partial charge in [-0.15, -0.1) is 0 Å². The van der Waals surface area contributed by atoms with Crippen LogP contribution in [0, 0.1) is 0 Å². The summed E-state index contributed by atoms with van der Waals surface area (Å²) < 4.78 is 30.2. The molecule has 12 rings (SSSR count). The van der Waals surface area contributed by atoms with Gasteiger partial charge in [-0.2, -0.15) is 5.10 Å². The predicted octanol–water partition coefficient (Wildman–Crippen LogP) is 8.31. The monoisotopic (exact) mass is 1010 g/mol. The third-order valence-electron chi connectivity index (χ3n) is 14.3. The number of rotatable bonds is 13. The van der Waals surface area contributed by atoms with Gasteiger partial charge < -0.3 is 43.3 Å². The lowest BCUT2D eigenvalue weighted by Crippen LogP contribution is -2.36. The van der Waals surface area contributed by atoms with Gasteiger partial charge in [-0.3, -0.25) is 4.99 Å². The molecule has 0 amide bonds. The lowest BCUT2D eigenvalue weighted by molar-refractivity contribution is 0.0818. The zero-order valence-electron chi connectivity index (χ0n) is 43.0. The average Bonchev–Trinajstić information content (AvgIpc) is 4.06. The molecule has 4 fully saturated rings. The number of benzene rings is 2. The zero-order chi connectivity index (χ0) is 50.3. The van der Waals surface area contributed by atoms with Crippen LogP contribution in [0.2, 0.25) is 25.7 Å². The van der Waals surface area contributed by atoms with Gasteiger partial charge in [0.25, 0.3) is 0 Å². The Kier molecular flexibility index (Phi) is 15.3. The second-order valence-corrected chi connectivity index (χ2v) is 26.1. The van der Waals surface area contributed by atoms with Crippen molar-refractivity contribution in [1.29, 1.82) is 0 Å². The Morgan fingerprint density at radius 2 is 0.919 bits per heavy atom. The fourth-order valence-corrected chi connectivity index (χ4v) is 10.8. The smallest absolute Gasteiger partial charge is 0.140 e. The lowest BCUT2D eigenvalue weighted by Gasteiger charge is -2.28. The maximum atomic E-state index is 6.15. The minimum absolute atomic E-state index is 0.429. The molecule has 0 unspecified atom stereocenters. The van der Waals surface area contributed by atoms with Crippen LogP contribution in [0.5, 0.6) is 0 Å². The standard InChI is InChI=1S/C31H40N6O3Si.C26H27N5O2/c1-41(2,3)19-18-40-23-37-28-5-4-24(25-6-8-32-29(21-25)35-10-14-38-15-11-35)20-27(28)31(34-37)26-7-9-33-30(22-26)36-12-16-39-17-13-36;1-2-22-18-29-26(21-4-6-28-25(17-21)31-9-13-33-14-10-31)23(22)15-19(1)20-3-5-27-24(16-20)30-7-11-32-12-8-30/h4-9,20-22H,10-19,23H2,1-3H3;1-6,15-17H,7-14,18H2. The number of pyridine rings is 4. The zero-order valence-corrected chi connectivity index (χ0v) is 44.0. The first-order chi connectivity index (χ1) is 36.3. The molecule has 2 aromatic carbocycles. The summed E-state index contributed by atoms with van der Waals surface area (Å²) in [5.74, 6) is 3.95. The largest absolute Gasteiger partial charge is 0.378 e. The van der Waals surface area contributed by atoms with Crippen LogP contribution in [0.3, 0.4) is 0 Å². The van der Waals surface area contributed by atoms with Crippen LogP contribution >= 0.6 is 0 Å². The van der Waals surface area contributed by atoms with Crippen LogP contribution in [-0.4, -0.2) is 155 Å². The van der Waals surface area contributed by atoms with Crippen molar-refractivity contribution in [1.82, 2.24) is 29.7 Å². The number of aliphatic imine (C=N–C) groups is 1. The summed E-state index contributed by atoms with van der Waals surface area (Å²) in [5.41, 5.74) is 12.3. The fraction of sp³-hybridized carbons (Fsp3) is 0.404. The second-order valence-electron chi connectivity index (χ2n) is 20.5. The summed E-state index contributed by atoms with van der Waals surface area (Å²) in [5, 5.41) is 6.20. The van der Waals surface area contributed by atoms with E-state index in [2.05, 4.69) is 144 Å². The lowest BCUT2D eigenvalue weighted by atomic mass is 9.96. The molecule has 384 valence electrons. The maximum Gasteiger partial charge on any atom is 0.140 e. The van der Waals surface area contributed by atoms with E-state index in [4.69, 9.17) is 33.8 Å². The number of morpholine rings is 4. The van der Waals surface area contributed by atoms with E-state index in [1.807, 2.05) is 29.5 Å². The molecular weight excluding hydrogens is 947 g/mol. The van der Waals surface area contributed by atoms with Gasteiger partial charge in [0.2, 0.25) is 0 Å². The van der Waals surface area contributed by atoms with Gasteiger partial charge in [-0.25, -0.2) is 24.6 Å². The van der Waals surface area contributed by atoms with E-state index in [0.717, 1.165) is 192 Å². The predicted molar refractivity (Wildman–Crippen MR) is 296 cm³/mol. The molecule has 0 atom stereocenters. The SMILES string of the molecule is C[Si](C)(C)CCOCn1nc(-c2ccnc(N3CCOCC3)c2)c2cc(-c3ccnc(N4CCOCC4)c3)ccc21.c1cc(C2=NCc3ccc(-c4ccnc(N5CCOCC5)c4)cc32)cc(N2CCOCC2)n1. The molecule has 5 aliphatic rings. The molecule has 0 spiro atoms. The Bertz CT molecular complexity index is 3070. The van der Waals surface area contributed by atoms with Crippen LogP contribution in [0.25, 0.3) is 44.4 Å². The van der Waals surface area contributed by atoms with Crippen molar-refractivity contribution in [2.75, 3.05) is 131 Å². The number of hydrogen-bond donors (Lipinski definition) is 0. The topological polar surface area (TPSA) is 141 Å². The van der Waals surface area contributed by atoms with E-state index >= 15 is 0 Å². The molecule has 10 heterocycles. The van der Waals surface area contributed by atoms with E-state index in [1.165, 1.54) is 22.3 Å². The van der Waals surface area contributed by atoms with E-state index in [0.29, 0.717) is 6.73 Å². The maximum absolute atomic E-state index is 6.15. The number of fused-ring (bicyclic) bond motifs is 2. The second kappa shape index (κ2) is 22.9. The van der Waals surface area contributed by atoms with Crippen molar-refractivity contribution in [3.63, 3.8) is 0 Å². The van der Waals surface area contributed by atoms with Crippen LogP contribution in [0.15, 0.2) is 115 Å². The van der Waals surface area contributed by atoms with E-state index in [-0.39, 0.29) is 0 Å². The Balaban J connectivity index is 0.000000162. The van der Waals surface area contributed by atoms with Crippen LogP contribution in [-0.2, 0) is 37.0 Å². The number of nitrogens with zero attached hydrogens (tertiary/aromatic N) is 11. The molecule has 5 aliphatic heterocycles. The summed E-state index contributed by atoms with van der Waals surface area (Å²) >= 11 is 0. The van der Waals surface area contributed by atoms with E-state index < -0.39 is 8.07 Å². The first-order valence-corrected chi connectivity index (χ1v) is 29.9. The van der Waals surface area contributed by atoms with Crippen molar-refractivity contribution >= 4 is 48.0 Å². The molecule has 0 saturated carbocycles. The molecular formula is C57H67N11O5Si. The molecule has 7 aromatic rings.